The van der Waals surface area contributed by atoms with Crippen LogP contribution in [0.4, 0.5) is 5.82 Å². The monoisotopic (exact) mass is 232 g/mol. The highest BCUT2D eigenvalue weighted by molar-refractivity contribution is 5.41. The number of anilines is 1. The average Bonchev–Trinajstić information content (AvgIpc) is 2.36. The van der Waals surface area contributed by atoms with Crippen LogP contribution in [-0.2, 0) is 0 Å². The summed E-state index contributed by atoms with van der Waals surface area (Å²) in [6.07, 6.45) is 2.34. The number of nitriles is 1. The van der Waals surface area contributed by atoms with Crippen molar-refractivity contribution in [3.8, 4) is 6.07 Å². The summed E-state index contributed by atoms with van der Waals surface area (Å²) >= 11 is 0. The molecule has 1 atom stereocenters. The molecule has 1 unspecified atom stereocenters. The van der Waals surface area contributed by atoms with Crippen molar-refractivity contribution >= 4 is 5.82 Å². The van der Waals surface area contributed by atoms with Gasteiger partial charge in [-0.15, -0.1) is 0 Å². The van der Waals surface area contributed by atoms with Gasteiger partial charge in [0.1, 0.15) is 5.82 Å². The number of nitrogens with zero attached hydrogens (tertiary/aromatic N) is 3. The van der Waals surface area contributed by atoms with Gasteiger partial charge < -0.3 is 10.2 Å². The Bertz CT molecular complexity index is 383. The van der Waals surface area contributed by atoms with Gasteiger partial charge in [0.2, 0.25) is 0 Å². The summed E-state index contributed by atoms with van der Waals surface area (Å²) in [5, 5.41) is 11.9. The number of hydrogen-bond donors (Lipinski definition) is 1. The number of pyridine rings is 1. The first-order valence-corrected chi connectivity index (χ1v) is 5.96. The molecule has 0 aliphatic rings. The van der Waals surface area contributed by atoms with E-state index in [1.807, 2.05) is 24.2 Å². The van der Waals surface area contributed by atoms with E-state index in [1.165, 1.54) is 5.56 Å². The van der Waals surface area contributed by atoms with Gasteiger partial charge in [-0.1, -0.05) is 6.92 Å². The van der Waals surface area contributed by atoms with Gasteiger partial charge in [-0.25, -0.2) is 4.98 Å². The second kappa shape index (κ2) is 6.87. The van der Waals surface area contributed by atoms with Gasteiger partial charge in [0.25, 0.3) is 0 Å². The highest BCUT2D eigenvalue weighted by Gasteiger charge is 2.07. The molecule has 1 aromatic rings. The lowest BCUT2D eigenvalue weighted by Crippen LogP contribution is -2.21. The average molecular weight is 232 g/mol. The van der Waals surface area contributed by atoms with Crippen LogP contribution in [0.1, 0.15) is 31.9 Å². The predicted octanol–water partition coefficient (Wildman–Crippen LogP) is 2.10. The summed E-state index contributed by atoms with van der Waals surface area (Å²) in [4.78, 5) is 6.33. The molecule has 0 bridgehead atoms. The zero-order chi connectivity index (χ0) is 12.7. The first kappa shape index (κ1) is 13.5. The van der Waals surface area contributed by atoms with Crippen molar-refractivity contribution in [3.05, 3.63) is 23.9 Å². The molecule has 0 fully saturated rings. The van der Waals surface area contributed by atoms with Crippen LogP contribution >= 0.6 is 0 Å². The van der Waals surface area contributed by atoms with Gasteiger partial charge in [-0.3, -0.25) is 0 Å². The molecule has 1 N–H and O–H groups in total. The summed E-state index contributed by atoms with van der Waals surface area (Å²) in [6, 6.07) is 6.57. The zero-order valence-electron chi connectivity index (χ0n) is 10.8. The van der Waals surface area contributed by atoms with Crippen LogP contribution in [0, 0.1) is 11.3 Å². The van der Waals surface area contributed by atoms with Gasteiger partial charge in [-0.05, 0) is 31.2 Å². The van der Waals surface area contributed by atoms with Crippen molar-refractivity contribution in [2.75, 3.05) is 25.0 Å². The van der Waals surface area contributed by atoms with Crippen molar-refractivity contribution in [2.45, 2.75) is 26.3 Å². The molecule has 1 aromatic heterocycles. The smallest absolute Gasteiger partial charge is 0.128 e. The summed E-state index contributed by atoms with van der Waals surface area (Å²) < 4.78 is 0. The van der Waals surface area contributed by atoms with Crippen LogP contribution in [-0.4, -0.2) is 25.1 Å². The van der Waals surface area contributed by atoms with Gasteiger partial charge in [-0.2, -0.15) is 5.26 Å². The van der Waals surface area contributed by atoms with Crippen molar-refractivity contribution < 1.29 is 0 Å². The summed E-state index contributed by atoms with van der Waals surface area (Å²) in [5.41, 5.74) is 1.22. The lowest BCUT2D eigenvalue weighted by Gasteiger charge is -2.19. The largest absolute Gasteiger partial charge is 0.359 e. The van der Waals surface area contributed by atoms with Crippen LogP contribution in [0.5, 0.6) is 0 Å². The van der Waals surface area contributed by atoms with E-state index >= 15 is 0 Å². The van der Waals surface area contributed by atoms with E-state index < -0.39 is 0 Å². The van der Waals surface area contributed by atoms with Gasteiger partial charge in [0, 0.05) is 25.8 Å². The molecule has 0 amide bonds. The van der Waals surface area contributed by atoms with E-state index in [1.54, 1.807) is 0 Å². The van der Waals surface area contributed by atoms with Crippen molar-refractivity contribution in [2.24, 2.45) is 0 Å². The fourth-order valence-electron chi connectivity index (χ4n) is 1.67. The molecular weight excluding hydrogens is 212 g/mol. The third kappa shape index (κ3) is 4.04. The fourth-order valence-corrected chi connectivity index (χ4v) is 1.67. The van der Waals surface area contributed by atoms with Gasteiger partial charge in [0.05, 0.1) is 12.5 Å². The Kier molecular flexibility index (Phi) is 5.44. The number of rotatable bonds is 6. The van der Waals surface area contributed by atoms with E-state index in [9.17, 15) is 0 Å². The molecule has 0 aliphatic carbocycles. The van der Waals surface area contributed by atoms with Crippen LogP contribution < -0.4 is 10.2 Å². The lowest BCUT2D eigenvalue weighted by molar-refractivity contribution is 0.597. The Hall–Kier alpha value is -1.60. The maximum atomic E-state index is 8.57. The molecule has 1 rings (SSSR count). The molecule has 17 heavy (non-hydrogen) atoms. The SMILES string of the molecule is CCNC(C)c1ccnc(N(C)CCC#N)c1. The van der Waals surface area contributed by atoms with E-state index in [2.05, 4.69) is 36.3 Å². The van der Waals surface area contributed by atoms with Crippen molar-refractivity contribution in [1.29, 1.82) is 5.26 Å². The molecule has 0 saturated carbocycles. The maximum absolute atomic E-state index is 8.57. The minimum atomic E-state index is 0.325. The number of nitrogens with one attached hydrogen (secondary N) is 1. The summed E-state index contributed by atoms with van der Waals surface area (Å²) in [7, 11) is 1.96. The fraction of sp³-hybridized carbons (Fsp3) is 0.538. The standard InChI is InChI=1S/C13H20N4/c1-4-15-11(2)12-6-8-16-13(10-12)17(3)9-5-7-14/h6,8,10-11,15H,4-5,9H2,1-3H3. The quantitative estimate of drug-likeness (QED) is 0.816. The second-order valence-electron chi connectivity index (χ2n) is 4.06. The Morgan fingerprint density at radius 3 is 3.00 bits per heavy atom. The molecule has 92 valence electrons. The Morgan fingerprint density at radius 1 is 1.59 bits per heavy atom. The lowest BCUT2D eigenvalue weighted by atomic mass is 10.1. The molecule has 0 aromatic carbocycles. The second-order valence-corrected chi connectivity index (χ2v) is 4.06. The summed E-state index contributed by atoms with van der Waals surface area (Å²) in [5.74, 6) is 0.919. The van der Waals surface area contributed by atoms with Gasteiger partial charge in [0.15, 0.2) is 0 Å². The van der Waals surface area contributed by atoms with Crippen molar-refractivity contribution in [3.63, 3.8) is 0 Å². The predicted molar refractivity (Wildman–Crippen MR) is 69.8 cm³/mol. The van der Waals surface area contributed by atoms with Crippen molar-refractivity contribution in [1.82, 2.24) is 10.3 Å². The molecule has 0 radical (unpaired) electrons. The number of hydrogen-bond acceptors (Lipinski definition) is 4. The van der Waals surface area contributed by atoms with Crippen LogP contribution in [0.25, 0.3) is 0 Å². The highest BCUT2D eigenvalue weighted by atomic mass is 15.2. The molecule has 0 aliphatic heterocycles. The third-order valence-electron chi connectivity index (χ3n) is 2.73. The number of aromatic nitrogens is 1. The van der Waals surface area contributed by atoms with Crippen LogP contribution in [0.2, 0.25) is 0 Å². The maximum Gasteiger partial charge on any atom is 0.128 e. The minimum absolute atomic E-state index is 0.325. The van der Waals surface area contributed by atoms with Crippen LogP contribution in [0.3, 0.4) is 0 Å². The van der Waals surface area contributed by atoms with E-state index in [4.69, 9.17) is 5.26 Å². The zero-order valence-corrected chi connectivity index (χ0v) is 10.8. The molecule has 0 saturated heterocycles. The molecular formula is C13H20N4. The van der Waals surface area contributed by atoms with E-state index in [0.717, 1.165) is 12.4 Å². The van der Waals surface area contributed by atoms with E-state index in [0.29, 0.717) is 19.0 Å². The first-order valence-electron chi connectivity index (χ1n) is 5.96. The third-order valence-corrected chi connectivity index (χ3v) is 2.73. The van der Waals surface area contributed by atoms with E-state index in [-0.39, 0.29) is 0 Å². The molecule has 4 heteroatoms. The first-order chi connectivity index (χ1) is 8.19. The Balaban J connectivity index is 2.75. The molecule has 1 heterocycles. The normalized spacial score (nSPS) is 11.9. The Labute approximate surface area is 103 Å². The van der Waals surface area contributed by atoms with Crippen LogP contribution in [0.15, 0.2) is 18.3 Å². The highest BCUT2D eigenvalue weighted by Crippen LogP contribution is 2.17. The molecule has 4 nitrogen and oxygen atoms in total. The Morgan fingerprint density at radius 2 is 2.35 bits per heavy atom. The summed E-state index contributed by atoms with van der Waals surface area (Å²) in [6.45, 7) is 5.89. The molecule has 0 spiro atoms. The topological polar surface area (TPSA) is 52.0 Å². The van der Waals surface area contributed by atoms with Gasteiger partial charge >= 0.3 is 0 Å². The minimum Gasteiger partial charge on any atom is -0.359 e.